The van der Waals surface area contributed by atoms with Gasteiger partial charge in [0.1, 0.15) is 0 Å². The van der Waals surface area contributed by atoms with Gasteiger partial charge in [-0.15, -0.1) is 0 Å². The molecule has 5 saturated carbocycles. The van der Waals surface area contributed by atoms with Crippen LogP contribution in [0.5, 0.6) is 5.88 Å². The highest BCUT2D eigenvalue weighted by Gasteiger charge is 2.77. The largest absolute Gasteiger partial charge is 0.477 e. The predicted octanol–water partition coefficient (Wildman–Crippen LogP) is 5.87. The Morgan fingerprint density at radius 1 is 1.12 bits per heavy atom. The number of hydrogen-bond acceptors (Lipinski definition) is 4. The molecule has 1 aromatic rings. The van der Waals surface area contributed by atoms with Gasteiger partial charge in [0.2, 0.25) is 5.88 Å². The van der Waals surface area contributed by atoms with Crippen LogP contribution in [0, 0.1) is 51.8 Å². The Labute approximate surface area is 199 Å². The van der Waals surface area contributed by atoms with Gasteiger partial charge in [-0.05, 0) is 104 Å². The topological polar surface area (TPSA) is 51.6 Å². The van der Waals surface area contributed by atoms with E-state index in [9.17, 15) is 5.11 Å². The van der Waals surface area contributed by atoms with Crippen molar-refractivity contribution in [1.29, 1.82) is 0 Å². The summed E-state index contributed by atoms with van der Waals surface area (Å²) in [6, 6.07) is 5.67. The number of aliphatic hydroxyl groups excluding tert-OH is 1. The van der Waals surface area contributed by atoms with Crippen LogP contribution in [0.3, 0.4) is 0 Å². The molecular weight excluding hydrogens is 410 g/mol. The maximum Gasteiger partial charge on any atom is 0.213 e. The number of ether oxygens (including phenoxy) is 2. The Morgan fingerprint density at radius 2 is 1.97 bits per heavy atom. The van der Waals surface area contributed by atoms with Crippen LogP contribution in [0.15, 0.2) is 18.2 Å². The molecule has 4 nitrogen and oxygen atoms in total. The zero-order chi connectivity index (χ0) is 23.0. The lowest BCUT2D eigenvalue weighted by molar-refractivity contribution is -0.161. The molecule has 1 heterocycles. The van der Waals surface area contributed by atoms with E-state index in [4.69, 9.17) is 9.47 Å². The maximum absolute atomic E-state index is 9.37. The fourth-order valence-corrected chi connectivity index (χ4v) is 10.5. The zero-order valence-corrected chi connectivity index (χ0v) is 21.1. The van der Waals surface area contributed by atoms with E-state index in [1.165, 1.54) is 51.4 Å². The van der Waals surface area contributed by atoms with Crippen LogP contribution in [0.1, 0.15) is 77.8 Å². The lowest BCUT2D eigenvalue weighted by Crippen LogP contribution is -2.57. The third kappa shape index (κ3) is 2.98. The minimum Gasteiger partial charge on any atom is -0.477 e. The van der Waals surface area contributed by atoms with Crippen LogP contribution < -0.4 is 4.74 Å². The first-order valence-corrected chi connectivity index (χ1v) is 13.6. The van der Waals surface area contributed by atoms with Crippen molar-refractivity contribution in [2.45, 2.75) is 84.8 Å². The minimum absolute atomic E-state index is 0.0406. The van der Waals surface area contributed by atoms with Crippen molar-refractivity contribution in [3.8, 4) is 5.88 Å². The molecule has 1 N–H and O–H groups in total. The maximum atomic E-state index is 9.37. The van der Waals surface area contributed by atoms with Gasteiger partial charge in [0, 0.05) is 18.6 Å². The summed E-state index contributed by atoms with van der Waals surface area (Å²) in [5, 5.41) is 9.37. The van der Waals surface area contributed by atoms with Gasteiger partial charge in [0.05, 0.1) is 25.0 Å². The average molecular weight is 454 g/mol. The molecule has 5 aliphatic rings. The Hall–Kier alpha value is -1.13. The second-order valence-electron chi connectivity index (χ2n) is 12.9. The van der Waals surface area contributed by atoms with Gasteiger partial charge < -0.3 is 14.6 Å². The van der Waals surface area contributed by atoms with Crippen molar-refractivity contribution in [2.75, 3.05) is 13.7 Å². The molecule has 6 rings (SSSR count). The van der Waals surface area contributed by atoms with Gasteiger partial charge in [0.15, 0.2) is 0 Å². The van der Waals surface area contributed by atoms with Crippen LogP contribution in [0.4, 0.5) is 0 Å². The van der Waals surface area contributed by atoms with Crippen LogP contribution >= 0.6 is 0 Å². The van der Waals surface area contributed by atoms with E-state index in [2.05, 4.69) is 25.8 Å². The third-order valence-electron chi connectivity index (χ3n) is 12.0. The molecule has 4 heteroatoms. The lowest BCUT2D eigenvalue weighted by atomic mass is 9.45. The summed E-state index contributed by atoms with van der Waals surface area (Å²) in [5.41, 5.74) is 2.13. The van der Waals surface area contributed by atoms with Gasteiger partial charge in [0.25, 0.3) is 0 Å². The number of fused-ring (bicyclic) bond motifs is 4. The van der Waals surface area contributed by atoms with E-state index >= 15 is 0 Å². The normalized spacial score (nSPS) is 48.4. The molecule has 0 saturated heterocycles. The lowest BCUT2D eigenvalue weighted by Gasteiger charge is -2.61. The molecule has 10 atom stereocenters. The van der Waals surface area contributed by atoms with E-state index in [1.807, 2.05) is 25.3 Å². The molecule has 0 aromatic carbocycles. The number of nitrogens with zero attached hydrogens (tertiary/aromatic N) is 1. The van der Waals surface area contributed by atoms with E-state index < -0.39 is 0 Å². The second-order valence-corrected chi connectivity index (χ2v) is 12.9. The molecule has 0 amide bonds. The van der Waals surface area contributed by atoms with E-state index in [1.54, 1.807) is 0 Å². The fraction of sp³-hybridized carbons (Fsp3) is 0.828. The summed E-state index contributed by atoms with van der Waals surface area (Å²) in [4.78, 5) is 4.42. The minimum atomic E-state index is -0.0406. The quantitative estimate of drug-likeness (QED) is 0.585. The summed E-state index contributed by atoms with van der Waals surface area (Å²) in [6.45, 7) is 8.35. The van der Waals surface area contributed by atoms with Crippen molar-refractivity contribution in [1.82, 2.24) is 4.98 Å². The van der Waals surface area contributed by atoms with Gasteiger partial charge >= 0.3 is 0 Å². The highest BCUT2D eigenvalue weighted by atomic mass is 16.5. The number of pyridine rings is 1. The monoisotopic (exact) mass is 453 g/mol. The Morgan fingerprint density at radius 3 is 2.73 bits per heavy atom. The molecule has 5 fully saturated rings. The summed E-state index contributed by atoms with van der Waals surface area (Å²) in [5.74, 6) is 5.41. The second kappa shape index (κ2) is 7.68. The molecule has 2 unspecified atom stereocenters. The first kappa shape index (κ1) is 22.3. The molecule has 5 aliphatic carbocycles. The smallest absolute Gasteiger partial charge is 0.213 e. The first-order valence-electron chi connectivity index (χ1n) is 13.6. The van der Waals surface area contributed by atoms with Crippen LogP contribution in [-0.4, -0.2) is 29.9 Å². The van der Waals surface area contributed by atoms with Crippen LogP contribution in [0.2, 0.25) is 0 Å². The molecule has 0 radical (unpaired) electrons. The van der Waals surface area contributed by atoms with Crippen molar-refractivity contribution in [3.05, 3.63) is 23.9 Å². The summed E-state index contributed by atoms with van der Waals surface area (Å²) in [7, 11) is 1.99. The molecule has 0 bridgehead atoms. The molecule has 0 aliphatic heterocycles. The van der Waals surface area contributed by atoms with Crippen molar-refractivity contribution in [3.63, 3.8) is 0 Å². The fourth-order valence-electron chi connectivity index (χ4n) is 10.5. The summed E-state index contributed by atoms with van der Waals surface area (Å²) >= 11 is 0. The standard InChI is InChI=1S/C29H43NO3/c1-18(17-33-26-7-5-6-20(16-31)30-26)22-8-9-23-21-14-25(32-4)29-15-19(29)10-13-28(29,3)24(21)11-12-27(22,23)2/h5-7,18-19,21-25,31H,8-17H2,1-4H3/t18-,19-,21+,22-,23+,24+,25?,27-,28-,29?/m1/s1. The molecule has 1 aromatic heterocycles. The highest BCUT2D eigenvalue weighted by Crippen LogP contribution is 2.82. The molecule has 33 heavy (non-hydrogen) atoms. The molecule has 1 spiro atoms. The Kier molecular flexibility index (Phi) is 5.20. The van der Waals surface area contributed by atoms with Gasteiger partial charge in [-0.2, -0.15) is 0 Å². The Balaban J connectivity index is 1.19. The van der Waals surface area contributed by atoms with Crippen LogP contribution in [0.25, 0.3) is 0 Å². The zero-order valence-electron chi connectivity index (χ0n) is 21.1. The van der Waals surface area contributed by atoms with Crippen LogP contribution in [-0.2, 0) is 11.3 Å². The summed E-state index contributed by atoms with van der Waals surface area (Å²) in [6.07, 6.45) is 11.7. The van der Waals surface area contributed by atoms with Crippen molar-refractivity contribution >= 4 is 0 Å². The number of rotatable bonds is 6. The van der Waals surface area contributed by atoms with E-state index in [-0.39, 0.29) is 6.61 Å². The van der Waals surface area contributed by atoms with E-state index in [0.29, 0.717) is 52.4 Å². The van der Waals surface area contributed by atoms with Crippen molar-refractivity contribution < 1.29 is 14.6 Å². The van der Waals surface area contributed by atoms with Gasteiger partial charge in [-0.1, -0.05) is 26.8 Å². The number of hydrogen-bond donors (Lipinski definition) is 1. The third-order valence-corrected chi connectivity index (χ3v) is 12.0. The SMILES string of the molecule is COC1C[C@H]2[C@@H]3CC[C@H]([C@H](C)COc4cccc(CO)n4)[C@@]3(C)CC[C@@H]2[C@@]2(C)CC[C@@H]3CC132. The van der Waals surface area contributed by atoms with Gasteiger partial charge in [-0.25, -0.2) is 4.98 Å². The Bertz CT molecular complexity index is 905. The number of aromatic nitrogens is 1. The highest BCUT2D eigenvalue weighted by molar-refractivity contribution is 5.26. The predicted molar refractivity (Wildman–Crippen MR) is 129 cm³/mol. The number of methoxy groups -OCH3 is 1. The number of aliphatic hydroxyl groups is 1. The summed E-state index contributed by atoms with van der Waals surface area (Å²) < 4.78 is 12.4. The first-order chi connectivity index (χ1) is 15.9. The van der Waals surface area contributed by atoms with E-state index in [0.717, 1.165) is 23.7 Å². The molecular formula is C29H43NO3. The van der Waals surface area contributed by atoms with Crippen molar-refractivity contribution in [2.24, 2.45) is 51.8 Å². The molecule has 182 valence electrons. The van der Waals surface area contributed by atoms with Gasteiger partial charge in [-0.3, -0.25) is 0 Å². The average Bonchev–Trinajstić information content (AvgIpc) is 3.33.